The van der Waals surface area contributed by atoms with Crippen LogP contribution in [0.3, 0.4) is 0 Å². The maximum atomic E-state index is 12.5. The monoisotopic (exact) mass is 353 g/mol. The van der Waals surface area contributed by atoms with Crippen LogP contribution in [0, 0.1) is 6.92 Å². The highest BCUT2D eigenvalue weighted by Gasteiger charge is 2.30. The molecule has 7 heteroatoms. The normalized spacial score (nSPS) is 12.5. The van der Waals surface area contributed by atoms with Gasteiger partial charge in [0.1, 0.15) is 18.5 Å². The van der Waals surface area contributed by atoms with Crippen LogP contribution in [0.4, 0.5) is 13.2 Å². The average molecular weight is 353 g/mol. The number of ether oxygens (including phenoxy) is 1. The number of hydrogen-bond acceptors (Lipinski definition) is 3. The van der Waals surface area contributed by atoms with E-state index in [2.05, 4.69) is 5.32 Å². The van der Waals surface area contributed by atoms with Crippen LogP contribution in [0.1, 0.15) is 21.5 Å². The molecule has 2 rings (SSSR count). The first-order chi connectivity index (χ1) is 11.8. The first-order valence-electron chi connectivity index (χ1n) is 7.59. The average Bonchev–Trinajstić information content (AvgIpc) is 2.58. The molecular weight excluding hydrogens is 335 g/mol. The quantitative estimate of drug-likeness (QED) is 0.839. The van der Waals surface area contributed by atoms with E-state index in [1.165, 1.54) is 0 Å². The summed E-state index contributed by atoms with van der Waals surface area (Å²) in [5.74, 6) is 0.0688. The first kappa shape index (κ1) is 18.8. The van der Waals surface area contributed by atoms with Gasteiger partial charge in [0.05, 0.1) is 5.56 Å². The van der Waals surface area contributed by atoms with Gasteiger partial charge in [0.2, 0.25) is 0 Å². The predicted octanol–water partition coefficient (Wildman–Crippen LogP) is 3.18. The van der Waals surface area contributed by atoms with E-state index in [4.69, 9.17) is 4.74 Å². The zero-order valence-corrected chi connectivity index (χ0v) is 13.5. The van der Waals surface area contributed by atoms with Crippen molar-refractivity contribution in [2.45, 2.75) is 19.2 Å². The Bertz CT molecular complexity index is 714. The Kier molecular flexibility index (Phi) is 6.03. The van der Waals surface area contributed by atoms with Gasteiger partial charge in [-0.2, -0.15) is 13.2 Å². The molecule has 2 aromatic carbocycles. The third-order valence-corrected chi connectivity index (χ3v) is 3.50. The fourth-order valence-electron chi connectivity index (χ4n) is 2.09. The first-order valence-corrected chi connectivity index (χ1v) is 7.59. The maximum Gasteiger partial charge on any atom is 0.416 e. The van der Waals surface area contributed by atoms with Gasteiger partial charge in [0.15, 0.2) is 0 Å². The van der Waals surface area contributed by atoms with Crippen LogP contribution in [-0.4, -0.2) is 30.3 Å². The summed E-state index contributed by atoms with van der Waals surface area (Å²) in [4.78, 5) is 11.9. The summed E-state index contributed by atoms with van der Waals surface area (Å²) in [5.41, 5.74) is 0.180. The lowest BCUT2D eigenvalue weighted by Gasteiger charge is -2.14. The number of hydrogen-bond donors (Lipinski definition) is 2. The van der Waals surface area contributed by atoms with E-state index in [9.17, 15) is 23.1 Å². The minimum Gasteiger partial charge on any atom is -0.491 e. The molecule has 0 saturated carbocycles. The number of para-hydroxylation sites is 1. The summed E-state index contributed by atoms with van der Waals surface area (Å²) in [6.07, 6.45) is -5.39. The number of aliphatic hydroxyl groups excluding tert-OH is 1. The SMILES string of the molecule is Cc1ccccc1OCC(O)CNC(=O)c1ccc(C(F)(F)F)cc1. The van der Waals surface area contributed by atoms with Crippen molar-refractivity contribution in [2.75, 3.05) is 13.2 Å². The minimum absolute atomic E-state index is 0.0157. The fraction of sp³-hybridized carbons (Fsp3) is 0.278. The molecule has 0 heterocycles. The van der Waals surface area contributed by atoms with Gasteiger partial charge in [-0.3, -0.25) is 4.79 Å². The number of alkyl halides is 3. The van der Waals surface area contributed by atoms with Gasteiger partial charge in [0.25, 0.3) is 5.91 Å². The lowest BCUT2D eigenvalue weighted by Crippen LogP contribution is -2.35. The van der Waals surface area contributed by atoms with Gasteiger partial charge in [-0.1, -0.05) is 18.2 Å². The van der Waals surface area contributed by atoms with Crippen LogP contribution in [0.15, 0.2) is 48.5 Å². The van der Waals surface area contributed by atoms with E-state index >= 15 is 0 Å². The number of rotatable bonds is 6. The molecule has 0 radical (unpaired) electrons. The van der Waals surface area contributed by atoms with E-state index in [0.29, 0.717) is 5.75 Å². The molecule has 134 valence electrons. The van der Waals surface area contributed by atoms with E-state index in [-0.39, 0.29) is 18.7 Å². The number of carbonyl (C=O) groups excluding carboxylic acids is 1. The molecule has 1 amide bonds. The predicted molar refractivity (Wildman–Crippen MR) is 86.5 cm³/mol. The number of aryl methyl sites for hydroxylation is 1. The molecule has 0 fully saturated rings. The Labute approximate surface area is 143 Å². The summed E-state index contributed by atoms with van der Waals surface area (Å²) < 4.78 is 42.9. The fourth-order valence-corrected chi connectivity index (χ4v) is 2.09. The van der Waals surface area contributed by atoms with Crippen molar-refractivity contribution in [2.24, 2.45) is 0 Å². The summed E-state index contributed by atoms with van der Waals surface area (Å²) in [6.45, 7) is 1.78. The third kappa shape index (κ3) is 5.49. The highest BCUT2D eigenvalue weighted by atomic mass is 19.4. The minimum atomic E-state index is -4.45. The van der Waals surface area contributed by atoms with Gasteiger partial charge in [-0.25, -0.2) is 0 Å². The van der Waals surface area contributed by atoms with Crippen molar-refractivity contribution in [3.63, 3.8) is 0 Å². The van der Waals surface area contributed by atoms with Crippen LogP contribution < -0.4 is 10.1 Å². The maximum absolute atomic E-state index is 12.5. The van der Waals surface area contributed by atoms with E-state index in [1.54, 1.807) is 12.1 Å². The second-order valence-electron chi connectivity index (χ2n) is 5.52. The van der Waals surface area contributed by atoms with Crippen LogP contribution in [0.5, 0.6) is 5.75 Å². The Morgan fingerprint density at radius 1 is 1.16 bits per heavy atom. The lowest BCUT2D eigenvalue weighted by molar-refractivity contribution is -0.137. The smallest absolute Gasteiger partial charge is 0.416 e. The molecule has 2 N–H and O–H groups in total. The zero-order chi connectivity index (χ0) is 18.4. The summed E-state index contributed by atoms with van der Waals surface area (Å²) in [7, 11) is 0. The lowest BCUT2D eigenvalue weighted by atomic mass is 10.1. The molecule has 0 aromatic heterocycles. The number of aliphatic hydroxyl groups is 1. The highest BCUT2D eigenvalue weighted by Crippen LogP contribution is 2.29. The summed E-state index contributed by atoms with van der Waals surface area (Å²) in [6, 6.07) is 11.2. The summed E-state index contributed by atoms with van der Waals surface area (Å²) in [5, 5.41) is 12.3. The molecule has 2 aromatic rings. The Balaban J connectivity index is 1.82. The number of halogens is 3. The van der Waals surface area contributed by atoms with E-state index in [1.807, 2.05) is 19.1 Å². The Morgan fingerprint density at radius 2 is 1.80 bits per heavy atom. The van der Waals surface area contributed by atoms with Gasteiger partial charge < -0.3 is 15.2 Å². The van der Waals surface area contributed by atoms with E-state index in [0.717, 1.165) is 29.8 Å². The molecule has 1 unspecified atom stereocenters. The van der Waals surface area contributed by atoms with Crippen LogP contribution in [0.2, 0.25) is 0 Å². The van der Waals surface area contributed by atoms with E-state index < -0.39 is 23.8 Å². The summed E-state index contributed by atoms with van der Waals surface area (Å²) >= 11 is 0. The Morgan fingerprint density at radius 3 is 2.40 bits per heavy atom. The molecule has 0 bridgehead atoms. The van der Waals surface area contributed by atoms with Gasteiger partial charge in [-0.15, -0.1) is 0 Å². The molecule has 0 aliphatic heterocycles. The molecule has 1 atom stereocenters. The van der Waals surface area contributed by atoms with Crippen LogP contribution >= 0.6 is 0 Å². The van der Waals surface area contributed by atoms with Crippen molar-refractivity contribution < 1.29 is 27.8 Å². The number of benzene rings is 2. The van der Waals surface area contributed by atoms with Crippen molar-refractivity contribution in [3.8, 4) is 5.75 Å². The molecule has 0 aliphatic rings. The highest BCUT2D eigenvalue weighted by molar-refractivity contribution is 5.94. The van der Waals surface area contributed by atoms with Crippen molar-refractivity contribution in [1.29, 1.82) is 0 Å². The zero-order valence-electron chi connectivity index (χ0n) is 13.5. The van der Waals surface area contributed by atoms with Crippen LogP contribution in [0.25, 0.3) is 0 Å². The number of amides is 1. The van der Waals surface area contributed by atoms with Crippen molar-refractivity contribution in [1.82, 2.24) is 5.32 Å². The molecular formula is C18H18F3NO3. The second-order valence-corrected chi connectivity index (χ2v) is 5.52. The molecule has 4 nitrogen and oxygen atoms in total. The molecule has 0 saturated heterocycles. The van der Waals surface area contributed by atoms with Crippen molar-refractivity contribution >= 4 is 5.91 Å². The molecule has 0 spiro atoms. The molecule has 0 aliphatic carbocycles. The van der Waals surface area contributed by atoms with Gasteiger partial charge >= 0.3 is 6.18 Å². The number of nitrogens with one attached hydrogen (secondary N) is 1. The largest absolute Gasteiger partial charge is 0.491 e. The third-order valence-electron chi connectivity index (χ3n) is 3.50. The van der Waals surface area contributed by atoms with Gasteiger partial charge in [-0.05, 0) is 42.8 Å². The van der Waals surface area contributed by atoms with Crippen molar-refractivity contribution in [3.05, 3.63) is 65.2 Å². The molecule has 25 heavy (non-hydrogen) atoms. The second kappa shape index (κ2) is 8.02. The van der Waals surface area contributed by atoms with Gasteiger partial charge in [0, 0.05) is 12.1 Å². The topological polar surface area (TPSA) is 58.6 Å². The van der Waals surface area contributed by atoms with Crippen LogP contribution in [-0.2, 0) is 6.18 Å². The number of carbonyl (C=O) groups is 1. The Hall–Kier alpha value is -2.54. The standard InChI is InChI=1S/C18H18F3NO3/c1-12-4-2-3-5-16(12)25-11-15(23)10-22-17(24)13-6-8-14(9-7-13)18(19,20)21/h2-9,15,23H,10-11H2,1H3,(H,22,24).